The van der Waals surface area contributed by atoms with E-state index in [-0.39, 0.29) is 11.9 Å². The first kappa shape index (κ1) is 18.4. The fourth-order valence-corrected chi connectivity index (χ4v) is 4.14. The maximum Gasteiger partial charge on any atom is 0.278 e. The van der Waals surface area contributed by atoms with Crippen molar-refractivity contribution in [2.45, 2.75) is 33.4 Å². The minimum atomic E-state index is -0.0859. The Morgan fingerprint density at radius 2 is 1.82 bits per heavy atom. The monoisotopic (exact) mass is 390 g/mol. The molecule has 142 valence electrons. The van der Waals surface area contributed by atoms with Gasteiger partial charge in [-0.25, -0.2) is 4.98 Å². The van der Waals surface area contributed by atoms with Crippen LogP contribution in [0.2, 0.25) is 0 Å². The number of aromatic nitrogens is 3. The number of benzene rings is 2. The third kappa shape index (κ3) is 3.55. The smallest absolute Gasteiger partial charge is 0.278 e. The van der Waals surface area contributed by atoms with Crippen molar-refractivity contribution in [2.24, 2.45) is 0 Å². The van der Waals surface area contributed by atoms with Crippen molar-refractivity contribution in [3.63, 3.8) is 0 Å². The molecule has 0 bridgehead atoms. The molecule has 28 heavy (non-hydrogen) atoms. The summed E-state index contributed by atoms with van der Waals surface area (Å²) in [6.45, 7) is 6.43. The predicted molar refractivity (Wildman–Crippen MR) is 114 cm³/mol. The van der Waals surface area contributed by atoms with Crippen LogP contribution in [0.1, 0.15) is 41.6 Å². The van der Waals surface area contributed by atoms with Crippen molar-refractivity contribution in [1.82, 2.24) is 14.8 Å². The quantitative estimate of drug-likeness (QED) is 0.469. The van der Waals surface area contributed by atoms with Crippen molar-refractivity contribution in [2.75, 3.05) is 4.90 Å². The summed E-state index contributed by atoms with van der Waals surface area (Å²) < 4.78 is 2.86. The zero-order valence-electron chi connectivity index (χ0n) is 16.2. The number of fused-ring (bicyclic) bond motifs is 1. The Bertz CT molecular complexity index is 1080. The van der Waals surface area contributed by atoms with Crippen LogP contribution in [0.25, 0.3) is 10.2 Å². The molecule has 6 heteroatoms. The number of para-hydroxylation sites is 1. The molecule has 2 aromatic carbocycles. The summed E-state index contributed by atoms with van der Waals surface area (Å²) in [5.41, 5.74) is 3.38. The van der Waals surface area contributed by atoms with Crippen LogP contribution in [-0.4, -0.2) is 20.7 Å². The van der Waals surface area contributed by atoms with Crippen molar-refractivity contribution in [3.05, 3.63) is 77.6 Å². The Kier molecular flexibility index (Phi) is 4.96. The van der Waals surface area contributed by atoms with E-state index in [9.17, 15) is 4.79 Å². The lowest BCUT2D eigenvalue weighted by atomic mass is 10.2. The Labute approximate surface area is 168 Å². The SMILES string of the molecule is Cc1cc(C(=O)N(Cc2ccccc2)c2nc3ccccc3s2)n(C(C)C)n1. The van der Waals surface area contributed by atoms with Gasteiger partial charge < -0.3 is 0 Å². The minimum Gasteiger partial charge on any atom is -0.278 e. The van der Waals surface area contributed by atoms with Gasteiger partial charge in [-0.3, -0.25) is 14.4 Å². The maximum absolute atomic E-state index is 13.6. The average molecular weight is 391 g/mol. The third-order valence-corrected chi connectivity index (χ3v) is 5.57. The molecule has 0 saturated heterocycles. The van der Waals surface area contributed by atoms with E-state index in [0.29, 0.717) is 17.4 Å². The van der Waals surface area contributed by atoms with Gasteiger partial charge in [-0.05, 0) is 44.5 Å². The van der Waals surface area contributed by atoms with Crippen molar-refractivity contribution in [3.8, 4) is 0 Å². The molecule has 1 amide bonds. The lowest BCUT2D eigenvalue weighted by molar-refractivity contribution is 0.0973. The van der Waals surface area contributed by atoms with Crippen molar-refractivity contribution < 1.29 is 4.79 Å². The van der Waals surface area contributed by atoms with Crippen LogP contribution in [0, 0.1) is 6.92 Å². The Hall–Kier alpha value is -2.99. The molecule has 0 unspecified atom stereocenters. The highest BCUT2D eigenvalue weighted by Gasteiger charge is 2.26. The highest BCUT2D eigenvalue weighted by molar-refractivity contribution is 7.22. The van der Waals surface area contributed by atoms with Gasteiger partial charge in [0.25, 0.3) is 5.91 Å². The molecule has 0 fully saturated rings. The van der Waals surface area contributed by atoms with Crippen LogP contribution in [-0.2, 0) is 6.54 Å². The first-order valence-corrected chi connectivity index (χ1v) is 10.1. The number of carbonyl (C=O) groups excluding carboxylic acids is 1. The minimum absolute atomic E-state index is 0.0859. The Morgan fingerprint density at radius 3 is 2.54 bits per heavy atom. The molecule has 0 aliphatic rings. The molecule has 4 aromatic rings. The molecule has 0 saturated carbocycles. The largest absolute Gasteiger partial charge is 0.278 e. The predicted octanol–water partition coefficient (Wildman–Crippen LogP) is 5.23. The van der Waals surface area contributed by atoms with Gasteiger partial charge >= 0.3 is 0 Å². The number of rotatable bonds is 5. The summed E-state index contributed by atoms with van der Waals surface area (Å²) in [6.07, 6.45) is 0. The summed E-state index contributed by atoms with van der Waals surface area (Å²) in [5.74, 6) is -0.0859. The van der Waals surface area contributed by atoms with Crippen LogP contribution >= 0.6 is 11.3 Å². The Morgan fingerprint density at radius 1 is 1.11 bits per heavy atom. The van der Waals surface area contributed by atoms with Gasteiger partial charge in [-0.1, -0.05) is 53.8 Å². The second kappa shape index (κ2) is 7.56. The zero-order valence-corrected chi connectivity index (χ0v) is 17.0. The topological polar surface area (TPSA) is 51.0 Å². The van der Waals surface area contributed by atoms with E-state index in [1.165, 1.54) is 11.3 Å². The summed E-state index contributed by atoms with van der Waals surface area (Å²) in [5, 5.41) is 5.21. The molecular formula is C22H22N4OS. The maximum atomic E-state index is 13.6. The number of aryl methyl sites for hydroxylation is 1. The molecule has 2 heterocycles. The summed E-state index contributed by atoms with van der Waals surface area (Å²) in [6, 6.07) is 19.9. The van der Waals surface area contributed by atoms with Gasteiger partial charge in [0.15, 0.2) is 5.13 Å². The number of amides is 1. The van der Waals surface area contributed by atoms with Crippen LogP contribution in [0.15, 0.2) is 60.7 Å². The Balaban J connectivity index is 1.79. The standard InChI is InChI=1S/C22H22N4OS/c1-15(2)26-19(13-16(3)24-26)21(27)25(14-17-9-5-4-6-10-17)22-23-18-11-7-8-12-20(18)28-22/h4-13,15H,14H2,1-3H3. The lowest BCUT2D eigenvalue weighted by Gasteiger charge is -2.21. The third-order valence-electron chi connectivity index (χ3n) is 4.51. The van der Waals surface area contributed by atoms with E-state index in [4.69, 9.17) is 4.98 Å². The number of hydrogen-bond acceptors (Lipinski definition) is 4. The highest BCUT2D eigenvalue weighted by atomic mass is 32.1. The molecule has 0 radical (unpaired) electrons. The van der Waals surface area contributed by atoms with E-state index in [1.807, 2.05) is 81.4 Å². The molecule has 2 aromatic heterocycles. The fraction of sp³-hybridized carbons (Fsp3) is 0.227. The number of nitrogens with zero attached hydrogens (tertiary/aromatic N) is 4. The van der Waals surface area contributed by atoms with Crippen LogP contribution in [0.5, 0.6) is 0 Å². The van der Waals surface area contributed by atoms with Gasteiger partial charge in [0.05, 0.1) is 22.5 Å². The molecular weight excluding hydrogens is 368 g/mol. The van der Waals surface area contributed by atoms with E-state index in [1.54, 1.807) is 9.58 Å². The van der Waals surface area contributed by atoms with Gasteiger partial charge in [0.1, 0.15) is 5.69 Å². The van der Waals surface area contributed by atoms with E-state index in [2.05, 4.69) is 5.10 Å². The van der Waals surface area contributed by atoms with Crippen LogP contribution < -0.4 is 4.90 Å². The summed E-state index contributed by atoms with van der Waals surface area (Å²) in [4.78, 5) is 20.1. The second-order valence-electron chi connectivity index (χ2n) is 7.05. The second-order valence-corrected chi connectivity index (χ2v) is 8.06. The van der Waals surface area contributed by atoms with Crippen LogP contribution in [0.4, 0.5) is 5.13 Å². The first-order valence-electron chi connectivity index (χ1n) is 9.30. The lowest BCUT2D eigenvalue weighted by Crippen LogP contribution is -2.32. The van der Waals surface area contributed by atoms with Crippen molar-refractivity contribution >= 4 is 32.6 Å². The molecule has 0 aliphatic heterocycles. The number of thiazole rings is 1. The molecule has 0 N–H and O–H groups in total. The van der Waals surface area contributed by atoms with E-state index < -0.39 is 0 Å². The summed E-state index contributed by atoms with van der Waals surface area (Å²) >= 11 is 1.53. The normalized spacial score (nSPS) is 11.3. The summed E-state index contributed by atoms with van der Waals surface area (Å²) in [7, 11) is 0. The number of anilines is 1. The van der Waals surface area contributed by atoms with Gasteiger partial charge in [0.2, 0.25) is 0 Å². The van der Waals surface area contributed by atoms with Gasteiger partial charge in [0, 0.05) is 6.04 Å². The average Bonchev–Trinajstić information content (AvgIpc) is 3.30. The van der Waals surface area contributed by atoms with Crippen molar-refractivity contribution in [1.29, 1.82) is 0 Å². The van der Waals surface area contributed by atoms with Gasteiger partial charge in [-0.2, -0.15) is 5.10 Å². The van der Waals surface area contributed by atoms with Crippen LogP contribution in [0.3, 0.4) is 0 Å². The fourth-order valence-electron chi connectivity index (χ4n) is 3.18. The number of carbonyl (C=O) groups is 1. The molecule has 4 rings (SSSR count). The highest BCUT2D eigenvalue weighted by Crippen LogP contribution is 2.31. The number of hydrogen-bond donors (Lipinski definition) is 0. The molecule has 0 spiro atoms. The van der Waals surface area contributed by atoms with E-state index in [0.717, 1.165) is 21.5 Å². The first-order chi connectivity index (χ1) is 13.5. The van der Waals surface area contributed by atoms with Gasteiger partial charge in [-0.15, -0.1) is 0 Å². The molecule has 5 nitrogen and oxygen atoms in total. The molecule has 0 aliphatic carbocycles. The van der Waals surface area contributed by atoms with E-state index >= 15 is 0 Å². The zero-order chi connectivity index (χ0) is 19.7. The molecule has 0 atom stereocenters.